The monoisotopic (exact) mass is 806 g/mol. The highest BCUT2D eigenvalue weighted by molar-refractivity contribution is 6.25. The number of para-hydroxylation sites is 2. The summed E-state index contributed by atoms with van der Waals surface area (Å²) in [5.41, 5.74) is 24.5. The van der Waals surface area contributed by atoms with Gasteiger partial charge in [0.2, 0.25) is 0 Å². The Hall–Kier alpha value is -8.22. The van der Waals surface area contributed by atoms with Gasteiger partial charge in [0.15, 0.2) is 0 Å². The van der Waals surface area contributed by atoms with Crippen LogP contribution in [0.3, 0.4) is 0 Å². The Morgan fingerprint density at radius 3 is 1.31 bits per heavy atom. The minimum atomic E-state index is 0.254. The van der Waals surface area contributed by atoms with Gasteiger partial charge < -0.3 is 31.1 Å². The van der Waals surface area contributed by atoms with Crippen LogP contribution in [0.1, 0.15) is 33.4 Å². The number of nitrogens with one attached hydrogen (secondary N) is 2. The lowest BCUT2D eigenvalue weighted by atomic mass is 9.97. The Labute approximate surface area is 361 Å². The number of rotatable bonds is 7. The molecule has 2 heterocycles. The molecule has 0 unspecified atom stereocenters. The highest BCUT2D eigenvalue weighted by Crippen LogP contribution is 2.45. The van der Waals surface area contributed by atoms with E-state index in [1.54, 1.807) is 12.2 Å². The number of aryl methyl sites for hydroxylation is 2. The molecule has 0 amide bonds. The topological polar surface area (TPSA) is 126 Å². The smallest absolute Gasteiger partial charge is 0.147 e. The molecule has 6 N–H and O–H groups in total. The molecule has 0 aliphatic carbocycles. The van der Waals surface area contributed by atoms with Gasteiger partial charge in [0.05, 0.1) is 17.0 Å². The molecule has 0 radical (unpaired) electrons. The van der Waals surface area contributed by atoms with Crippen LogP contribution in [0.2, 0.25) is 0 Å². The van der Waals surface area contributed by atoms with Crippen LogP contribution in [-0.4, -0.2) is 11.4 Å². The van der Waals surface area contributed by atoms with Crippen molar-refractivity contribution in [1.29, 1.82) is 10.8 Å². The van der Waals surface area contributed by atoms with Crippen LogP contribution in [0, 0.1) is 24.7 Å². The Balaban J connectivity index is 0.000000321. The lowest BCUT2D eigenvalue weighted by molar-refractivity contribution is 0.657. The second-order valence-corrected chi connectivity index (χ2v) is 15.0. The third-order valence-corrected chi connectivity index (χ3v) is 10.6. The van der Waals surface area contributed by atoms with E-state index in [1.165, 1.54) is 11.1 Å². The Morgan fingerprint density at radius 2 is 0.823 bits per heavy atom. The Morgan fingerprint density at radius 1 is 0.403 bits per heavy atom. The number of nitrogens with two attached hydrogens (primary N) is 2. The second-order valence-electron chi connectivity index (χ2n) is 15.0. The Bertz CT molecular complexity index is 3180. The summed E-state index contributed by atoms with van der Waals surface area (Å²) in [6, 6.07) is 63.6. The summed E-state index contributed by atoms with van der Waals surface area (Å²) in [6.45, 7) is 4.17. The summed E-state index contributed by atoms with van der Waals surface area (Å²) in [5.74, 6) is 0. The molecule has 8 aromatic carbocycles. The lowest BCUT2D eigenvalue weighted by Crippen LogP contribution is -2.02. The average Bonchev–Trinajstić information content (AvgIpc) is 3.88. The van der Waals surface area contributed by atoms with E-state index in [1.807, 2.05) is 164 Å². The number of fused-ring (bicyclic) bond motifs is 6. The molecule has 10 aromatic rings. The van der Waals surface area contributed by atoms with Crippen molar-refractivity contribution in [2.75, 3.05) is 0 Å². The van der Waals surface area contributed by atoms with Crippen LogP contribution in [-0.2, 0) is 0 Å². The van der Waals surface area contributed by atoms with Crippen LogP contribution in [0.5, 0.6) is 0 Å². The van der Waals surface area contributed by atoms with Crippen LogP contribution in [0.4, 0.5) is 0 Å². The molecular formula is C56H46N4O2. The predicted molar refractivity (Wildman–Crippen MR) is 260 cm³/mol. The van der Waals surface area contributed by atoms with E-state index in [-0.39, 0.29) is 5.71 Å². The van der Waals surface area contributed by atoms with Crippen molar-refractivity contribution in [2.45, 2.75) is 13.8 Å². The van der Waals surface area contributed by atoms with E-state index in [0.29, 0.717) is 50.6 Å². The molecule has 62 heavy (non-hydrogen) atoms. The lowest BCUT2D eigenvalue weighted by Gasteiger charge is -2.05. The minimum absolute atomic E-state index is 0.254. The summed E-state index contributed by atoms with van der Waals surface area (Å²) in [4.78, 5) is 0. The third-order valence-electron chi connectivity index (χ3n) is 10.6. The number of allylic oxidation sites excluding steroid dienone is 2. The van der Waals surface area contributed by atoms with Gasteiger partial charge in [-0.25, -0.2) is 0 Å². The molecule has 302 valence electrons. The van der Waals surface area contributed by atoms with Gasteiger partial charge in [-0.05, 0) is 60.9 Å². The van der Waals surface area contributed by atoms with Gasteiger partial charge in [-0.15, -0.1) is 0 Å². The predicted octanol–water partition coefficient (Wildman–Crippen LogP) is 13.9. The molecule has 0 aliphatic heterocycles. The first-order valence-corrected chi connectivity index (χ1v) is 20.4. The standard InChI is InChI=1S/C42H30N4O2.2C7H8/c43-34(25-12-4-1-5-13-25)23-36(45)30-20-10-18-28-32-22-33-29-19-11-21-31(37(46)24-35(44)26-14-6-2-7-15-26)40(29)48-42(33)38(41(32)47-39(28)30)27-16-8-3-9-17-27;2*1-7-5-3-2-4-6-7/h1-24,43,46H,44-45H2;2*2-6H,1H3/b35-24-,36-23-,43-34?,46-37?;;. The van der Waals surface area contributed by atoms with Gasteiger partial charge in [-0.1, -0.05) is 187 Å². The van der Waals surface area contributed by atoms with Crippen molar-refractivity contribution >= 4 is 66.7 Å². The normalized spacial score (nSPS) is 11.5. The number of hydrogen-bond donors (Lipinski definition) is 4. The fourth-order valence-electron chi connectivity index (χ4n) is 7.44. The van der Waals surface area contributed by atoms with E-state index in [9.17, 15) is 0 Å². The first kappa shape index (κ1) is 40.6. The summed E-state index contributed by atoms with van der Waals surface area (Å²) in [6.07, 6.45) is 3.34. The summed E-state index contributed by atoms with van der Waals surface area (Å²) >= 11 is 0. The summed E-state index contributed by atoms with van der Waals surface area (Å²) in [7, 11) is 0. The molecule has 0 saturated heterocycles. The number of hydrogen-bond acceptors (Lipinski definition) is 6. The van der Waals surface area contributed by atoms with Gasteiger partial charge in [-0.2, -0.15) is 0 Å². The van der Waals surface area contributed by atoms with Gasteiger partial charge in [-0.3, -0.25) is 0 Å². The molecule has 0 saturated carbocycles. The van der Waals surface area contributed by atoms with Crippen LogP contribution in [0.25, 0.3) is 66.4 Å². The molecule has 6 heteroatoms. The largest absolute Gasteiger partial charge is 0.455 e. The molecule has 10 rings (SSSR count). The van der Waals surface area contributed by atoms with Crippen molar-refractivity contribution < 1.29 is 8.83 Å². The van der Waals surface area contributed by atoms with Crippen molar-refractivity contribution in [3.05, 3.63) is 240 Å². The first-order chi connectivity index (χ1) is 30.3. The van der Waals surface area contributed by atoms with Gasteiger partial charge in [0.1, 0.15) is 22.3 Å². The quantitative estimate of drug-likeness (QED) is 0.120. The highest BCUT2D eigenvalue weighted by Gasteiger charge is 2.23. The minimum Gasteiger partial charge on any atom is -0.455 e. The fraction of sp³-hybridized carbons (Fsp3) is 0.0357. The summed E-state index contributed by atoms with van der Waals surface area (Å²) in [5, 5.41) is 21.3. The number of furan rings is 2. The molecular weight excluding hydrogens is 761 g/mol. The fourth-order valence-corrected chi connectivity index (χ4v) is 7.44. The van der Waals surface area contributed by atoms with Crippen molar-refractivity contribution in [3.63, 3.8) is 0 Å². The van der Waals surface area contributed by atoms with Gasteiger partial charge >= 0.3 is 0 Å². The molecule has 0 atom stereocenters. The molecule has 6 nitrogen and oxygen atoms in total. The maximum atomic E-state index is 9.01. The maximum absolute atomic E-state index is 9.01. The van der Waals surface area contributed by atoms with Crippen LogP contribution >= 0.6 is 0 Å². The van der Waals surface area contributed by atoms with Crippen LogP contribution < -0.4 is 11.5 Å². The zero-order valence-corrected chi connectivity index (χ0v) is 34.6. The van der Waals surface area contributed by atoms with Gasteiger partial charge in [0.25, 0.3) is 0 Å². The van der Waals surface area contributed by atoms with E-state index < -0.39 is 0 Å². The van der Waals surface area contributed by atoms with Crippen molar-refractivity contribution in [1.82, 2.24) is 0 Å². The number of benzene rings is 8. The zero-order valence-electron chi connectivity index (χ0n) is 34.6. The molecule has 0 bridgehead atoms. The van der Waals surface area contributed by atoms with E-state index in [4.69, 9.17) is 31.1 Å². The first-order valence-electron chi connectivity index (χ1n) is 20.4. The van der Waals surface area contributed by atoms with Crippen molar-refractivity contribution in [2.24, 2.45) is 11.5 Å². The third kappa shape index (κ3) is 8.71. The average molecular weight is 807 g/mol. The van der Waals surface area contributed by atoms with E-state index in [2.05, 4.69) is 44.2 Å². The molecule has 0 fully saturated rings. The molecule has 0 aliphatic rings. The Kier molecular flexibility index (Phi) is 12.0. The summed E-state index contributed by atoms with van der Waals surface area (Å²) < 4.78 is 13.5. The van der Waals surface area contributed by atoms with Gasteiger partial charge in [0, 0.05) is 44.1 Å². The maximum Gasteiger partial charge on any atom is 0.147 e. The van der Waals surface area contributed by atoms with E-state index in [0.717, 1.165) is 43.8 Å². The molecule has 2 aromatic heterocycles. The van der Waals surface area contributed by atoms with Crippen LogP contribution in [0.15, 0.2) is 215 Å². The highest BCUT2D eigenvalue weighted by atomic mass is 16.3. The van der Waals surface area contributed by atoms with E-state index >= 15 is 0 Å². The van der Waals surface area contributed by atoms with Crippen molar-refractivity contribution in [3.8, 4) is 11.1 Å². The zero-order chi connectivity index (χ0) is 43.0. The second kappa shape index (κ2) is 18.4. The molecule has 0 spiro atoms. The SMILES string of the molecule is Cc1ccccc1.Cc1ccccc1.N=C(/C=C(\N)c1cccc2c1oc1c(-c3ccccc3)c3oc4c(C(=N)/C=C(\N)c5ccccc5)cccc4c3cc12)c1ccccc1.